The van der Waals surface area contributed by atoms with Crippen LogP contribution >= 0.6 is 11.8 Å². The molecule has 148 valence electrons. The number of thioether (sulfide) groups is 1. The van der Waals surface area contributed by atoms with E-state index in [1.807, 2.05) is 25.6 Å². The third-order valence-electron chi connectivity index (χ3n) is 4.92. The average Bonchev–Trinajstić information content (AvgIpc) is 2.53. The Bertz CT molecular complexity index is 403. The number of hydrogen-bond donors (Lipinski definition) is 1. The zero-order chi connectivity index (χ0) is 20.0. The molecular weight excluding hydrogens is 324 g/mol. The first kappa shape index (κ1) is 26.7. The van der Waals surface area contributed by atoms with Crippen molar-refractivity contribution in [1.82, 2.24) is 5.32 Å². The Morgan fingerprint density at radius 1 is 1.04 bits per heavy atom. The molecule has 1 rings (SSSR count). The van der Waals surface area contributed by atoms with E-state index in [0.29, 0.717) is 5.41 Å². The molecule has 0 amide bonds. The molecule has 0 radical (unpaired) electrons. The van der Waals surface area contributed by atoms with Gasteiger partial charge in [-0.15, -0.1) is 0 Å². The highest BCUT2D eigenvalue weighted by Gasteiger charge is 2.31. The van der Waals surface area contributed by atoms with Crippen LogP contribution in [-0.4, -0.2) is 17.6 Å². The summed E-state index contributed by atoms with van der Waals surface area (Å²) in [5.41, 5.74) is 2.61. The smallest absolute Gasteiger partial charge is 0.0638 e. The van der Waals surface area contributed by atoms with E-state index in [1.165, 1.54) is 12.8 Å². The summed E-state index contributed by atoms with van der Waals surface area (Å²) in [4.78, 5) is 4.08. The Labute approximate surface area is 163 Å². The molecule has 1 heterocycles. The van der Waals surface area contributed by atoms with E-state index in [1.54, 1.807) is 11.8 Å². The molecule has 1 atom stereocenters. The van der Waals surface area contributed by atoms with Crippen LogP contribution in [0.15, 0.2) is 28.8 Å². The molecule has 1 unspecified atom stereocenters. The molecule has 0 aromatic heterocycles. The summed E-state index contributed by atoms with van der Waals surface area (Å²) in [6.07, 6.45) is 9.90. The van der Waals surface area contributed by atoms with Crippen molar-refractivity contribution in [3.05, 3.63) is 23.8 Å². The van der Waals surface area contributed by atoms with Crippen LogP contribution in [-0.2, 0) is 0 Å². The maximum Gasteiger partial charge on any atom is 0.0638 e. The fourth-order valence-corrected chi connectivity index (χ4v) is 2.25. The Morgan fingerprint density at radius 3 is 2.12 bits per heavy atom. The van der Waals surface area contributed by atoms with Crippen LogP contribution in [0.3, 0.4) is 0 Å². The fraction of sp³-hybridized carbons (Fsp3) is 0.773. The van der Waals surface area contributed by atoms with Crippen molar-refractivity contribution >= 4 is 17.3 Å². The molecule has 0 saturated carbocycles. The van der Waals surface area contributed by atoms with Gasteiger partial charge in [-0.1, -0.05) is 85.7 Å². The lowest BCUT2D eigenvalue weighted by Gasteiger charge is -2.40. The van der Waals surface area contributed by atoms with E-state index < -0.39 is 0 Å². The van der Waals surface area contributed by atoms with Crippen molar-refractivity contribution in [3.63, 3.8) is 0 Å². The number of allylic oxidation sites excluding steroid dienone is 2. The molecule has 0 saturated heterocycles. The predicted octanol–water partition coefficient (Wildman–Crippen LogP) is 7.43. The topological polar surface area (TPSA) is 24.4 Å². The van der Waals surface area contributed by atoms with Crippen molar-refractivity contribution in [3.8, 4) is 0 Å². The van der Waals surface area contributed by atoms with E-state index in [0.717, 1.165) is 13.0 Å². The van der Waals surface area contributed by atoms with Crippen molar-refractivity contribution in [2.45, 2.75) is 94.0 Å². The van der Waals surface area contributed by atoms with Gasteiger partial charge < -0.3 is 5.32 Å². The van der Waals surface area contributed by atoms with Gasteiger partial charge in [-0.25, -0.2) is 0 Å². The van der Waals surface area contributed by atoms with Gasteiger partial charge in [0.2, 0.25) is 0 Å². The highest BCUT2D eigenvalue weighted by atomic mass is 32.2. The van der Waals surface area contributed by atoms with Gasteiger partial charge in [-0.2, -0.15) is 0 Å². The summed E-state index contributed by atoms with van der Waals surface area (Å²) < 4.78 is 0. The lowest BCUT2D eigenvalue weighted by atomic mass is 9.76. The van der Waals surface area contributed by atoms with Crippen LogP contribution in [0.5, 0.6) is 0 Å². The number of nitrogens with one attached hydrogen (secondary N) is 1. The molecular formula is C22H44N2S. The minimum absolute atomic E-state index is 0.199. The van der Waals surface area contributed by atoms with E-state index in [9.17, 15) is 0 Å². The van der Waals surface area contributed by atoms with Crippen LogP contribution in [0.25, 0.3) is 0 Å². The van der Waals surface area contributed by atoms with E-state index in [-0.39, 0.29) is 11.0 Å². The summed E-state index contributed by atoms with van der Waals surface area (Å²) in [6, 6.07) is 0. The molecule has 1 aliphatic rings. The van der Waals surface area contributed by atoms with E-state index in [2.05, 4.69) is 83.3 Å². The van der Waals surface area contributed by atoms with E-state index >= 15 is 0 Å². The van der Waals surface area contributed by atoms with Crippen LogP contribution in [0.2, 0.25) is 0 Å². The van der Waals surface area contributed by atoms with Gasteiger partial charge in [-0.05, 0) is 44.1 Å². The predicted molar refractivity (Wildman–Crippen MR) is 121 cm³/mol. The molecule has 25 heavy (non-hydrogen) atoms. The van der Waals surface area contributed by atoms with Gasteiger partial charge in [0.1, 0.15) is 0 Å². The van der Waals surface area contributed by atoms with Crippen molar-refractivity contribution in [1.29, 1.82) is 0 Å². The SMILES string of the molecule is CC.CCC1(C)/C=C\N=CS/C=C\1.CCCCNC(C)(C)C(C)(C)C. The van der Waals surface area contributed by atoms with Gasteiger partial charge in [0.15, 0.2) is 0 Å². The van der Waals surface area contributed by atoms with Crippen LogP contribution in [0.4, 0.5) is 0 Å². The highest BCUT2D eigenvalue weighted by Crippen LogP contribution is 2.29. The van der Waals surface area contributed by atoms with Gasteiger partial charge >= 0.3 is 0 Å². The van der Waals surface area contributed by atoms with Crippen molar-refractivity contribution in [2.75, 3.05) is 6.54 Å². The Hall–Kier alpha value is -0.540. The molecule has 0 aliphatic carbocycles. The lowest BCUT2D eigenvalue weighted by molar-refractivity contribution is 0.176. The third-order valence-corrected chi connectivity index (χ3v) is 5.46. The van der Waals surface area contributed by atoms with Gasteiger partial charge in [0.25, 0.3) is 0 Å². The molecule has 0 bridgehead atoms. The molecule has 0 aromatic carbocycles. The molecule has 2 nitrogen and oxygen atoms in total. The largest absolute Gasteiger partial charge is 0.311 e. The summed E-state index contributed by atoms with van der Waals surface area (Å²) in [6.45, 7) is 23.2. The standard InChI is InChI=1S/C11H25N.C9H13NS.C2H6/c1-7-8-9-12-11(5,6)10(2,3)4;1-3-9(2)4-6-10-8-11-7-5-9;1-2/h12H,7-9H2,1-6H3;4-8H,3H2,1-2H3;1-2H3/b;6-4-,7-5-,10-8?;. The second-order valence-corrected chi connectivity index (χ2v) is 8.78. The molecule has 3 heteroatoms. The molecule has 0 aromatic rings. The first-order valence-electron chi connectivity index (χ1n) is 9.85. The summed E-state index contributed by atoms with van der Waals surface area (Å²) in [5.74, 6) is 0. The number of rotatable bonds is 5. The van der Waals surface area contributed by atoms with Gasteiger partial charge in [-0.3, -0.25) is 4.99 Å². The lowest BCUT2D eigenvalue weighted by Crippen LogP contribution is -2.50. The maximum atomic E-state index is 4.08. The van der Waals surface area contributed by atoms with Crippen LogP contribution in [0, 0.1) is 10.8 Å². The number of aliphatic imine (C=N–C) groups is 1. The minimum Gasteiger partial charge on any atom is -0.311 e. The monoisotopic (exact) mass is 368 g/mol. The maximum absolute atomic E-state index is 4.08. The Balaban J connectivity index is 0. The quantitative estimate of drug-likeness (QED) is 0.510. The normalized spacial score (nSPS) is 22.5. The van der Waals surface area contributed by atoms with Gasteiger partial charge in [0.05, 0.1) is 5.55 Å². The molecule has 1 aliphatic heterocycles. The van der Waals surface area contributed by atoms with Gasteiger partial charge in [0, 0.05) is 17.2 Å². The van der Waals surface area contributed by atoms with Crippen molar-refractivity contribution in [2.24, 2.45) is 15.8 Å². The fourth-order valence-electron chi connectivity index (χ4n) is 1.65. The molecule has 0 spiro atoms. The van der Waals surface area contributed by atoms with Crippen LogP contribution < -0.4 is 5.32 Å². The van der Waals surface area contributed by atoms with Crippen LogP contribution in [0.1, 0.15) is 88.5 Å². The second kappa shape index (κ2) is 13.6. The molecule has 1 N–H and O–H groups in total. The second-order valence-electron chi connectivity index (χ2n) is 8.02. The Kier molecular flexibility index (Phi) is 14.6. The number of nitrogens with zero attached hydrogens (tertiary/aromatic N) is 1. The molecule has 0 fully saturated rings. The number of unbranched alkanes of at least 4 members (excludes halogenated alkanes) is 1. The summed E-state index contributed by atoms with van der Waals surface area (Å²) in [7, 11) is 0. The highest BCUT2D eigenvalue weighted by molar-refractivity contribution is 8.14. The summed E-state index contributed by atoms with van der Waals surface area (Å²) >= 11 is 1.62. The first-order chi connectivity index (χ1) is 11.6. The minimum atomic E-state index is 0.199. The zero-order valence-electron chi connectivity index (χ0n) is 18.6. The first-order valence-corrected chi connectivity index (χ1v) is 10.8. The van der Waals surface area contributed by atoms with E-state index in [4.69, 9.17) is 0 Å². The van der Waals surface area contributed by atoms with Crippen molar-refractivity contribution < 1.29 is 0 Å². The average molecular weight is 369 g/mol. The Morgan fingerprint density at radius 2 is 1.64 bits per heavy atom. The summed E-state index contributed by atoms with van der Waals surface area (Å²) in [5, 5.41) is 5.69. The third kappa shape index (κ3) is 12.4. The zero-order valence-corrected chi connectivity index (χ0v) is 19.4. The number of hydrogen-bond acceptors (Lipinski definition) is 3.